The summed E-state index contributed by atoms with van der Waals surface area (Å²) in [4.78, 5) is 14.2. The third kappa shape index (κ3) is 1.29. The van der Waals surface area contributed by atoms with Gasteiger partial charge < -0.3 is 11.5 Å². The topological polar surface area (TPSA) is 73.5 Å². The first-order valence-electron chi connectivity index (χ1n) is 2.83. The highest BCUT2D eigenvalue weighted by Gasteiger charge is 2.17. The maximum absolute atomic E-state index is 10.7. The molecular weight excluding hydrogens is 242 g/mol. The number of amides is 1. The van der Waals surface area contributed by atoms with Gasteiger partial charge >= 0.3 is 0 Å². The van der Waals surface area contributed by atoms with Crippen LogP contribution in [-0.2, 0) is 0 Å². The van der Waals surface area contributed by atoms with Gasteiger partial charge in [0.2, 0.25) is 5.69 Å². The van der Waals surface area contributed by atoms with Gasteiger partial charge in [0.05, 0.1) is 16.5 Å². The van der Waals surface area contributed by atoms with E-state index in [1.165, 1.54) is 0 Å². The third-order valence-corrected chi connectivity index (χ3v) is 3.25. The normalized spacial score (nSPS) is 9.33. The van der Waals surface area contributed by atoms with E-state index in [1.807, 2.05) is 0 Å². The number of nitrogens with two attached hydrogens (primary N) is 2. The Hall–Kier alpha value is -1.06. The van der Waals surface area contributed by atoms with E-state index in [0.717, 1.165) is 11.3 Å². The molecule has 0 bridgehead atoms. The van der Waals surface area contributed by atoms with Crippen LogP contribution < -0.4 is 11.5 Å². The molecule has 1 heterocycles. The Labute approximate surface area is 81.1 Å². The van der Waals surface area contributed by atoms with Crippen molar-refractivity contribution >= 4 is 43.9 Å². The Morgan fingerprint density at radius 2 is 2.25 bits per heavy atom. The number of carbonyl (C=O) groups is 1. The van der Waals surface area contributed by atoms with Crippen LogP contribution in [0.1, 0.15) is 9.67 Å². The van der Waals surface area contributed by atoms with E-state index >= 15 is 0 Å². The van der Waals surface area contributed by atoms with Crippen molar-refractivity contribution in [2.45, 2.75) is 0 Å². The minimum Gasteiger partial charge on any atom is -0.399 e. The first kappa shape index (κ1) is 9.03. The maximum Gasteiger partial charge on any atom is 0.258 e. The van der Waals surface area contributed by atoms with Gasteiger partial charge in [0.1, 0.15) is 0 Å². The predicted octanol–water partition coefficient (Wildman–Crippen LogP) is 1.74. The lowest BCUT2D eigenvalue weighted by Gasteiger charge is -1.88. The Morgan fingerprint density at radius 1 is 1.67 bits per heavy atom. The van der Waals surface area contributed by atoms with Crippen molar-refractivity contribution in [1.29, 1.82) is 0 Å². The number of carbonyl (C=O) groups excluding carboxylic acids is 1. The van der Waals surface area contributed by atoms with Crippen molar-refractivity contribution in [1.82, 2.24) is 0 Å². The van der Waals surface area contributed by atoms with Crippen LogP contribution in [0.4, 0.5) is 10.7 Å². The molecule has 1 aromatic rings. The van der Waals surface area contributed by atoms with Crippen molar-refractivity contribution in [2.24, 2.45) is 5.73 Å². The smallest absolute Gasteiger partial charge is 0.258 e. The van der Waals surface area contributed by atoms with Gasteiger partial charge in [-0.05, 0) is 0 Å². The number of hydrogen-bond acceptors (Lipinski definition) is 3. The van der Waals surface area contributed by atoms with E-state index in [-0.39, 0.29) is 5.69 Å². The van der Waals surface area contributed by atoms with Crippen LogP contribution >= 0.6 is 27.3 Å². The number of nitrogens with zero attached hydrogens (tertiary/aromatic N) is 1. The molecule has 0 spiro atoms. The summed E-state index contributed by atoms with van der Waals surface area (Å²) < 4.78 is 0.396. The zero-order valence-electron chi connectivity index (χ0n) is 5.80. The van der Waals surface area contributed by atoms with E-state index in [4.69, 9.17) is 18.0 Å². The van der Waals surface area contributed by atoms with E-state index in [2.05, 4.69) is 20.8 Å². The molecular formula is C6H4BrN3OS. The highest BCUT2D eigenvalue weighted by atomic mass is 79.9. The second-order valence-corrected chi connectivity index (χ2v) is 3.78. The van der Waals surface area contributed by atoms with Crippen LogP contribution in [0.3, 0.4) is 0 Å². The first-order chi connectivity index (χ1) is 5.57. The van der Waals surface area contributed by atoms with Crippen LogP contribution in [0.2, 0.25) is 0 Å². The lowest BCUT2D eigenvalue weighted by molar-refractivity contribution is 0.100. The summed E-state index contributed by atoms with van der Waals surface area (Å²) in [6, 6.07) is 0. The van der Waals surface area contributed by atoms with Crippen molar-refractivity contribution < 1.29 is 4.79 Å². The highest BCUT2D eigenvalue weighted by Crippen LogP contribution is 2.41. The summed E-state index contributed by atoms with van der Waals surface area (Å²) >= 11 is 4.09. The Balaban J connectivity index is 3.39. The number of thiophene rings is 1. The summed E-state index contributed by atoms with van der Waals surface area (Å²) in [5.41, 5.74) is 10.8. The molecule has 0 aliphatic carbocycles. The minimum atomic E-state index is -0.575. The summed E-state index contributed by atoms with van der Waals surface area (Å²) in [6.07, 6.45) is 0. The van der Waals surface area contributed by atoms with Gasteiger partial charge in [0.15, 0.2) is 0 Å². The SMILES string of the molecule is [C-]#[N+]c1c(N)sc(C(N)=O)c1Br. The molecule has 1 rings (SSSR count). The van der Waals surface area contributed by atoms with Crippen LogP contribution in [-0.4, -0.2) is 5.91 Å². The molecule has 62 valence electrons. The summed E-state index contributed by atoms with van der Waals surface area (Å²) in [7, 11) is 0. The average Bonchev–Trinajstić information content (AvgIpc) is 2.27. The molecule has 1 aromatic heterocycles. The first-order valence-corrected chi connectivity index (χ1v) is 4.44. The Bertz CT molecular complexity index is 379. The molecule has 4 nitrogen and oxygen atoms in total. The van der Waals surface area contributed by atoms with Crippen molar-refractivity contribution in [3.63, 3.8) is 0 Å². The molecule has 0 aliphatic rings. The molecule has 6 heteroatoms. The molecule has 0 unspecified atom stereocenters. The molecule has 0 atom stereocenters. The largest absolute Gasteiger partial charge is 0.399 e. The van der Waals surface area contributed by atoms with Crippen molar-refractivity contribution in [3.05, 3.63) is 20.8 Å². The maximum atomic E-state index is 10.7. The molecule has 4 N–H and O–H groups in total. The van der Waals surface area contributed by atoms with Gasteiger partial charge in [-0.3, -0.25) is 4.79 Å². The number of hydrogen-bond donors (Lipinski definition) is 2. The van der Waals surface area contributed by atoms with E-state index < -0.39 is 5.91 Å². The molecule has 0 fully saturated rings. The lowest BCUT2D eigenvalue weighted by atomic mass is 10.4. The summed E-state index contributed by atoms with van der Waals surface area (Å²) in [6.45, 7) is 6.75. The fourth-order valence-electron chi connectivity index (χ4n) is 0.681. The molecule has 1 amide bonds. The van der Waals surface area contributed by atoms with E-state index in [0.29, 0.717) is 14.4 Å². The van der Waals surface area contributed by atoms with Gasteiger partial charge in [-0.1, -0.05) is 15.9 Å². The van der Waals surface area contributed by atoms with Gasteiger partial charge in [0, 0.05) is 4.47 Å². The third-order valence-electron chi connectivity index (χ3n) is 1.19. The zero-order valence-corrected chi connectivity index (χ0v) is 8.20. The quantitative estimate of drug-likeness (QED) is 0.740. The van der Waals surface area contributed by atoms with Crippen LogP contribution in [0, 0.1) is 6.57 Å². The molecule has 0 aromatic carbocycles. The highest BCUT2D eigenvalue weighted by molar-refractivity contribution is 9.10. The molecule has 12 heavy (non-hydrogen) atoms. The monoisotopic (exact) mass is 245 g/mol. The van der Waals surface area contributed by atoms with E-state index in [9.17, 15) is 4.79 Å². The van der Waals surface area contributed by atoms with E-state index in [1.54, 1.807) is 0 Å². The van der Waals surface area contributed by atoms with Gasteiger partial charge in [0.25, 0.3) is 5.91 Å². The minimum absolute atomic E-state index is 0.258. The molecule has 0 radical (unpaired) electrons. The molecule has 0 saturated carbocycles. The Morgan fingerprint density at radius 3 is 2.50 bits per heavy atom. The standard InChI is InChI=1S/C6H4BrN3OS/c1-10-3-2(7)4(5(8)11)12-6(3)9/h9H2,(H2,8,11). The lowest BCUT2D eigenvalue weighted by Crippen LogP contribution is -2.08. The summed E-state index contributed by atoms with van der Waals surface area (Å²) in [5.74, 6) is -0.575. The van der Waals surface area contributed by atoms with Gasteiger partial charge in [-0.2, -0.15) is 0 Å². The predicted molar refractivity (Wildman–Crippen MR) is 51.2 cm³/mol. The van der Waals surface area contributed by atoms with Gasteiger partial charge in [-0.15, -0.1) is 11.3 Å². The Kier molecular flexibility index (Phi) is 2.35. The fraction of sp³-hybridized carbons (Fsp3) is 0. The average molecular weight is 246 g/mol. The van der Waals surface area contributed by atoms with Crippen LogP contribution in [0.15, 0.2) is 4.47 Å². The number of rotatable bonds is 1. The number of nitrogen functional groups attached to an aromatic ring is 1. The van der Waals surface area contributed by atoms with Crippen molar-refractivity contribution in [3.8, 4) is 0 Å². The molecule has 0 aliphatic heterocycles. The second-order valence-electron chi connectivity index (χ2n) is 1.93. The number of halogens is 1. The zero-order chi connectivity index (χ0) is 9.30. The van der Waals surface area contributed by atoms with Gasteiger partial charge in [-0.25, -0.2) is 4.85 Å². The summed E-state index contributed by atoms with van der Waals surface area (Å²) in [5, 5.41) is 0.311. The van der Waals surface area contributed by atoms with Crippen molar-refractivity contribution in [2.75, 3.05) is 5.73 Å². The molecule has 0 saturated heterocycles. The van der Waals surface area contributed by atoms with Crippen LogP contribution in [0.5, 0.6) is 0 Å². The van der Waals surface area contributed by atoms with Crippen LogP contribution in [0.25, 0.3) is 4.85 Å². The second kappa shape index (κ2) is 3.13. The number of primary amides is 1. The number of anilines is 1. The fourth-order valence-corrected chi connectivity index (χ4v) is 2.30.